The first-order valence-corrected chi connectivity index (χ1v) is 7.74. The predicted octanol–water partition coefficient (Wildman–Crippen LogP) is 5.51. The van der Waals surface area contributed by atoms with E-state index in [-0.39, 0.29) is 12.4 Å². The lowest BCUT2D eigenvalue weighted by Crippen LogP contribution is -2.14. The Kier molecular flexibility index (Phi) is 4.19. The van der Waals surface area contributed by atoms with Gasteiger partial charge in [0.15, 0.2) is 0 Å². The molecule has 1 nitrogen and oxygen atoms in total. The van der Waals surface area contributed by atoms with Gasteiger partial charge in [-0.25, -0.2) is 0 Å². The molecule has 0 saturated carbocycles. The lowest BCUT2D eigenvalue weighted by Gasteiger charge is -2.14. The van der Waals surface area contributed by atoms with Crippen LogP contribution in [0.2, 0.25) is 0 Å². The molecule has 0 unspecified atom stereocenters. The van der Waals surface area contributed by atoms with E-state index in [4.69, 9.17) is 0 Å². The summed E-state index contributed by atoms with van der Waals surface area (Å²) in [6, 6.07) is 20.1. The van der Waals surface area contributed by atoms with Gasteiger partial charge in [0.05, 0.1) is 0 Å². The highest BCUT2D eigenvalue weighted by molar-refractivity contribution is 6.23. The molecule has 1 N–H and O–H groups in total. The van der Waals surface area contributed by atoms with E-state index in [0.717, 1.165) is 13.1 Å². The van der Waals surface area contributed by atoms with E-state index in [2.05, 4.69) is 66.8 Å². The zero-order valence-corrected chi connectivity index (χ0v) is 13.5. The van der Waals surface area contributed by atoms with Crippen LogP contribution in [-0.4, -0.2) is 6.54 Å². The Balaban J connectivity index is 0.00000144. The molecule has 0 aliphatic rings. The molecule has 0 atom stereocenters. The summed E-state index contributed by atoms with van der Waals surface area (Å²) in [5, 5.41) is 11.8. The minimum absolute atomic E-state index is 0. The van der Waals surface area contributed by atoms with E-state index in [9.17, 15) is 0 Å². The fourth-order valence-electron chi connectivity index (χ4n) is 3.35. The second-order valence-electron chi connectivity index (χ2n) is 5.76. The van der Waals surface area contributed by atoms with E-state index in [1.807, 2.05) is 0 Å². The van der Waals surface area contributed by atoms with Crippen LogP contribution in [0, 0.1) is 0 Å². The van der Waals surface area contributed by atoms with Crippen LogP contribution in [0.1, 0.15) is 18.9 Å². The van der Waals surface area contributed by atoms with Crippen LogP contribution in [0.25, 0.3) is 32.3 Å². The van der Waals surface area contributed by atoms with Gasteiger partial charge in [-0.1, -0.05) is 61.5 Å². The molecule has 0 bridgehead atoms. The van der Waals surface area contributed by atoms with Gasteiger partial charge in [0.2, 0.25) is 0 Å². The molecule has 0 spiro atoms. The molecule has 0 aromatic heterocycles. The first-order chi connectivity index (χ1) is 10.4. The van der Waals surface area contributed by atoms with Crippen molar-refractivity contribution in [1.29, 1.82) is 0 Å². The van der Waals surface area contributed by atoms with Crippen LogP contribution < -0.4 is 5.32 Å². The minimum atomic E-state index is 0. The van der Waals surface area contributed by atoms with Gasteiger partial charge in [0, 0.05) is 6.54 Å². The summed E-state index contributed by atoms with van der Waals surface area (Å²) < 4.78 is 0. The summed E-state index contributed by atoms with van der Waals surface area (Å²) in [7, 11) is 0. The molecule has 4 aromatic rings. The van der Waals surface area contributed by atoms with Crippen LogP contribution in [-0.2, 0) is 6.54 Å². The Morgan fingerprint density at radius 1 is 0.773 bits per heavy atom. The number of benzene rings is 4. The third-order valence-electron chi connectivity index (χ3n) is 4.36. The van der Waals surface area contributed by atoms with Gasteiger partial charge in [0.1, 0.15) is 0 Å². The molecule has 0 heterocycles. The summed E-state index contributed by atoms with van der Waals surface area (Å²) in [5.74, 6) is 0. The van der Waals surface area contributed by atoms with Crippen molar-refractivity contribution >= 4 is 44.7 Å². The molecular formula is C20H20ClN. The number of rotatable bonds is 4. The summed E-state index contributed by atoms with van der Waals surface area (Å²) in [5.41, 5.74) is 1.40. The zero-order valence-electron chi connectivity index (χ0n) is 12.7. The highest BCUT2D eigenvalue weighted by Gasteiger charge is 2.10. The van der Waals surface area contributed by atoms with Crippen molar-refractivity contribution in [2.45, 2.75) is 19.9 Å². The van der Waals surface area contributed by atoms with Crippen molar-refractivity contribution in [3.63, 3.8) is 0 Å². The van der Waals surface area contributed by atoms with Crippen LogP contribution in [0.3, 0.4) is 0 Å². The third-order valence-corrected chi connectivity index (χ3v) is 4.36. The number of hydrogen-bond acceptors (Lipinski definition) is 1. The Morgan fingerprint density at radius 2 is 1.41 bits per heavy atom. The van der Waals surface area contributed by atoms with Crippen LogP contribution >= 0.6 is 12.4 Å². The summed E-state index contributed by atoms with van der Waals surface area (Å²) in [6.45, 7) is 4.22. The molecule has 0 fully saturated rings. The quantitative estimate of drug-likeness (QED) is 0.387. The van der Waals surface area contributed by atoms with E-state index in [1.165, 1.54) is 44.3 Å². The predicted molar refractivity (Wildman–Crippen MR) is 99.4 cm³/mol. The molecule has 0 saturated heterocycles. The van der Waals surface area contributed by atoms with Crippen LogP contribution in [0.15, 0.2) is 54.6 Å². The van der Waals surface area contributed by atoms with Gasteiger partial charge in [-0.05, 0) is 50.8 Å². The van der Waals surface area contributed by atoms with Gasteiger partial charge in [0.25, 0.3) is 0 Å². The van der Waals surface area contributed by atoms with Crippen molar-refractivity contribution in [2.75, 3.05) is 6.54 Å². The average molecular weight is 310 g/mol. The highest BCUT2D eigenvalue weighted by Crippen LogP contribution is 2.35. The first kappa shape index (κ1) is 15.1. The van der Waals surface area contributed by atoms with Crippen LogP contribution in [0.5, 0.6) is 0 Å². The summed E-state index contributed by atoms with van der Waals surface area (Å²) in [6.07, 6.45) is 1.17. The molecule has 112 valence electrons. The van der Waals surface area contributed by atoms with Crippen molar-refractivity contribution in [3.05, 3.63) is 60.2 Å². The highest BCUT2D eigenvalue weighted by atomic mass is 35.5. The molecule has 2 heteroatoms. The van der Waals surface area contributed by atoms with Crippen LogP contribution in [0.4, 0.5) is 0 Å². The summed E-state index contributed by atoms with van der Waals surface area (Å²) >= 11 is 0. The third kappa shape index (κ3) is 2.31. The summed E-state index contributed by atoms with van der Waals surface area (Å²) in [4.78, 5) is 0. The monoisotopic (exact) mass is 309 g/mol. The van der Waals surface area contributed by atoms with Gasteiger partial charge in [-0.2, -0.15) is 0 Å². The topological polar surface area (TPSA) is 12.0 Å². The maximum atomic E-state index is 3.53. The standard InChI is InChI=1S/C20H19N.ClH/c1-2-12-21-13-17-9-8-16-7-6-14-4-3-5-15-10-11-18(17)20(16)19(14)15;/h3-11,21H,2,12-13H2,1H3;1H. The smallest absolute Gasteiger partial charge is 0.0211 e. The van der Waals surface area contributed by atoms with Gasteiger partial charge >= 0.3 is 0 Å². The fraction of sp³-hybridized carbons (Fsp3) is 0.200. The number of hydrogen-bond donors (Lipinski definition) is 1. The molecule has 0 radical (unpaired) electrons. The maximum Gasteiger partial charge on any atom is 0.0211 e. The van der Waals surface area contributed by atoms with Gasteiger partial charge < -0.3 is 5.32 Å². The van der Waals surface area contributed by atoms with E-state index >= 15 is 0 Å². The van der Waals surface area contributed by atoms with Crippen molar-refractivity contribution in [2.24, 2.45) is 0 Å². The Morgan fingerprint density at radius 3 is 2.14 bits per heavy atom. The molecule has 4 aromatic carbocycles. The Labute approximate surface area is 137 Å². The fourth-order valence-corrected chi connectivity index (χ4v) is 3.35. The molecule has 0 amide bonds. The van der Waals surface area contributed by atoms with Gasteiger partial charge in [-0.15, -0.1) is 12.4 Å². The Bertz CT molecular complexity index is 898. The van der Waals surface area contributed by atoms with Crippen molar-refractivity contribution in [1.82, 2.24) is 5.32 Å². The van der Waals surface area contributed by atoms with Crippen molar-refractivity contribution < 1.29 is 0 Å². The molecule has 22 heavy (non-hydrogen) atoms. The lowest BCUT2D eigenvalue weighted by atomic mass is 9.92. The normalized spacial score (nSPS) is 11.3. The maximum absolute atomic E-state index is 3.53. The second-order valence-corrected chi connectivity index (χ2v) is 5.76. The first-order valence-electron chi connectivity index (χ1n) is 7.74. The number of halogens is 1. The van der Waals surface area contributed by atoms with Gasteiger partial charge in [-0.3, -0.25) is 0 Å². The number of nitrogens with one attached hydrogen (secondary N) is 1. The lowest BCUT2D eigenvalue weighted by molar-refractivity contribution is 0.678. The van der Waals surface area contributed by atoms with E-state index in [1.54, 1.807) is 0 Å². The van der Waals surface area contributed by atoms with Crippen molar-refractivity contribution in [3.8, 4) is 0 Å². The Hall–Kier alpha value is -1.83. The van der Waals surface area contributed by atoms with E-state index < -0.39 is 0 Å². The molecule has 0 aliphatic carbocycles. The largest absolute Gasteiger partial charge is 0.313 e. The minimum Gasteiger partial charge on any atom is -0.313 e. The molecule has 0 aliphatic heterocycles. The zero-order chi connectivity index (χ0) is 14.2. The average Bonchev–Trinajstić information content (AvgIpc) is 2.54. The molecular weight excluding hydrogens is 290 g/mol. The van der Waals surface area contributed by atoms with E-state index in [0.29, 0.717) is 0 Å². The SMILES string of the molecule is CCCNCc1ccc2ccc3cccc4ccc1c2c34.Cl. The molecule has 4 rings (SSSR count). The second kappa shape index (κ2) is 6.12.